The zero-order chi connectivity index (χ0) is 19.3. The molecule has 1 heterocycles. The molecule has 2 N–H and O–H groups in total. The first kappa shape index (κ1) is 19.9. The first-order chi connectivity index (χ1) is 12.2. The SMILES string of the molecule is CC(C)(C)OC(=O)NCc1ncc(Nc2ccc(Cl)cc2CF)cc1F. The monoisotopic (exact) mass is 383 g/mol. The molecular formula is C18H20ClF2N3O2. The van der Waals surface area contributed by atoms with Crippen molar-refractivity contribution < 1.29 is 18.3 Å². The van der Waals surface area contributed by atoms with E-state index in [-0.39, 0.29) is 12.2 Å². The number of aromatic nitrogens is 1. The van der Waals surface area contributed by atoms with Crippen LogP contribution in [-0.4, -0.2) is 16.7 Å². The number of hydrogen-bond donors (Lipinski definition) is 2. The third kappa shape index (κ3) is 5.84. The topological polar surface area (TPSA) is 63.2 Å². The van der Waals surface area contributed by atoms with Gasteiger partial charge in [0.05, 0.1) is 24.1 Å². The van der Waals surface area contributed by atoms with E-state index in [1.807, 2.05) is 0 Å². The number of hydrogen-bond acceptors (Lipinski definition) is 4. The van der Waals surface area contributed by atoms with Crippen molar-refractivity contribution in [1.82, 2.24) is 10.3 Å². The second kappa shape index (κ2) is 8.31. The Kier molecular flexibility index (Phi) is 6.37. The molecule has 0 bridgehead atoms. The quantitative estimate of drug-likeness (QED) is 0.752. The van der Waals surface area contributed by atoms with Crippen LogP contribution in [-0.2, 0) is 18.0 Å². The lowest BCUT2D eigenvalue weighted by atomic mass is 10.2. The predicted octanol–water partition coefficient (Wildman–Crippen LogP) is 5.11. The Balaban J connectivity index is 2.04. The molecule has 0 spiro atoms. The Labute approximate surface area is 155 Å². The molecule has 2 rings (SSSR count). The van der Waals surface area contributed by atoms with Gasteiger partial charge in [-0.1, -0.05) is 11.6 Å². The van der Waals surface area contributed by atoms with Gasteiger partial charge in [-0.2, -0.15) is 0 Å². The van der Waals surface area contributed by atoms with Crippen LogP contribution in [0.1, 0.15) is 32.0 Å². The molecule has 1 amide bonds. The van der Waals surface area contributed by atoms with Crippen LogP contribution < -0.4 is 10.6 Å². The molecule has 2 aromatic rings. The minimum Gasteiger partial charge on any atom is -0.444 e. The summed E-state index contributed by atoms with van der Waals surface area (Å²) < 4.78 is 32.3. The van der Waals surface area contributed by atoms with E-state index in [1.54, 1.807) is 32.9 Å². The lowest BCUT2D eigenvalue weighted by Crippen LogP contribution is -2.32. The van der Waals surface area contributed by atoms with Crippen molar-refractivity contribution >= 4 is 29.1 Å². The summed E-state index contributed by atoms with van der Waals surface area (Å²) in [5.41, 5.74) is 0.589. The number of anilines is 2. The number of nitrogens with zero attached hydrogens (tertiary/aromatic N) is 1. The molecule has 0 fully saturated rings. The second-order valence-electron chi connectivity index (χ2n) is 6.57. The van der Waals surface area contributed by atoms with Gasteiger partial charge in [-0.3, -0.25) is 4.98 Å². The molecule has 0 atom stereocenters. The molecule has 5 nitrogen and oxygen atoms in total. The predicted molar refractivity (Wildman–Crippen MR) is 96.8 cm³/mol. The molecule has 26 heavy (non-hydrogen) atoms. The van der Waals surface area contributed by atoms with E-state index in [0.29, 0.717) is 22.0 Å². The average Bonchev–Trinajstić information content (AvgIpc) is 2.54. The van der Waals surface area contributed by atoms with Gasteiger partial charge >= 0.3 is 6.09 Å². The summed E-state index contributed by atoms with van der Waals surface area (Å²) in [5, 5.41) is 5.76. The first-order valence-electron chi connectivity index (χ1n) is 7.90. The highest BCUT2D eigenvalue weighted by atomic mass is 35.5. The molecule has 1 aromatic carbocycles. The summed E-state index contributed by atoms with van der Waals surface area (Å²) >= 11 is 5.83. The minimum absolute atomic E-state index is 0.0585. The minimum atomic E-state index is -0.712. The van der Waals surface area contributed by atoms with Crippen molar-refractivity contribution in [3.05, 3.63) is 52.6 Å². The van der Waals surface area contributed by atoms with Crippen LogP contribution in [0.15, 0.2) is 30.5 Å². The number of rotatable bonds is 5. The molecule has 0 saturated heterocycles. The van der Waals surface area contributed by atoms with Crippen LogP contribution in [0.25, 0.3) is 0 Å². The van der Waals surface area contributed by atoms with Crippen LogP contribution >= 0.6 is 11.6 Å². The molecule has 0 aliphatic heterocycles. The lowest BCUT2D eigenvalue weighted by Gasteiger charge is -2.19. The first-order valence-corrected chi connectivity index (χ1v) is 8.28. The van der Waals surface area contributed by atoms with Crippen molar-refractivity contribution in [3.63, 3.8) is 0 Å². The van der Waals surface area contributed by atoms with Crippen molar-refractivity contribution in [2.45, 2.75) is 39.6 Å². The number of alkyl halides is 1. The number of benzene rings is 1. The molecular weight excluding hydrogens is 364 g/mol. The van der Waals surface area contributed by atoms with E-state index < -0.39 is 24.2 Å². The van der Waals surface area contributed by atoms with Gasteiger partial charge in [0.1, 0.15) is 18.1 Å². The summed E-state index contributed by atoms with van der Waals surface area (Å²) in [5.74, 6) is -0.609. The molecule has 0 aliphatic rings. The number of nitrogens with one attached hydrogen (secondary N) is 2. The smallest absolute Gasteiger partial charge is 0.407 e. The molecule has 1 aromatic heterocycles. The zero-order valence-corrected chi connectivity index (χ0v) is 15.5. The summed E-state index contributed by atoms with van der Waals surface area (Å²) in [6.45, 7) is 4.37. The highest BCUT2D eigenvalue weighted by Gasteiger charge is 2.16. The number of ether oxygens (including phenoxy) is 1. The normalized spacial score (nSPS) is 11.2. The highest BCUT2D eigenvalue weighted by Crippen LogP contribution is 2.25. The maximum absolute atomic E-state index is 14.2. The van der Waals surface area contributed by atoms with Crippen LogP contribution in [0.5, 0.6) is 0 Å². The Hall–Kier alpha value is -2.41. The van der Waals surface area contributed by atoms with E-state index in [9.17, 15) is 13.6 Å². The number of carbonyl (C=O) groups excluding carboxylic acids is 1. The van der Waals surface area contributed by atoms with Crippen molar-refractivity contribution in [2.75, 3.05) is 5.32 Å². The largest absolute Gasteiger partial charge is 0.444 e. The Morgan fingerprint density at radius 2 is 2.04 bits per heavy atom. The van der Waals surface area contributed by atoms with E-state index >= 15 is 0 Å². The van der Waals surface area contributed by atoms with Crippen molar-refractivity contribution in [3.8, 4) is 0 Å². The van der Waals surface area contributed by atoms with E-state index in [2.05, 4.69) is 15.6 Å². The second-order valence-corrected chi connectivity index (χ2v) is 7.00. The third-order valence-corrected chi connectivity index (χ3v) is 3.44. The van der Waals surface area contributed by atoms with Gasteiger partial charge in [-0.25, -0.2) is 13.6 Å². The fraction of sp³-hybridized carbons (Fsp3) is 0.333. The van der Waals surface area contributed by atoms with Crippen molar-refractivity contribution in [2.24, 2.45) is 0 Å². The molecule has 0 unspecified atom stereocenters. The standard InChI is InChI=1S/C18H20ClF2N3O2/c1-18(2,3)26-17(25)23-10-16-14(21)7-13(9-22-16)24-15-5-4-12(19)6-11(15)8-20/h4-7,9,24H,8,10H2,1-3H3,(H,23,25). The molecule has 0 radical (unpaired) electrons. The Morgan fingerprint density at radius 1 is 1.31 bits per heavy atom. The van der Waals surface area contributed by atoms with Gasteiger partial charge in [0.2, 0.25) is 0 Å². The number of pyridine rings is 1. The number of halogens is 3. The van der Waals surface area contributed by atoms with Gasteiger partial charge in [0, 0.05) is 22.3 Å². The van der Waals surface area contributed by atoms with E-state index in [4.69, 9.17) is 16.3 Å². The Morgan fingerprint density at radius 3 is 2.65 bits per heavy atom. The molecule has 8 heteroatoms. The van der Waals surface area contributed by atoms with E-state index in [0.717, 1.165) is 0 Å². The fourth-order valence-electron chi connectivity index (χ4n) is 2.09. The number of amides is 1. The van der Waals surface area contributed by atoms with Gasteiger partial charge < -0.3 is 15.4 Å². The van der Waals surface area contributed by atoms with Gasteiger partial charge in [-0.05, 0) is 39.0 Å². The van der Waals surface area contributed by atoms with Crippen molar-refractivity contribution in [1.29, 1.82) is 0 Å². The van der Waals surface area contributed by atoms with Crippen LogP contribution in [0.2, 0.25) is 5.02 Å². The molecule has 0 saturated carbocycles. The van der Waals surface area contributed by atoms with Crippen LogP contribution in [0, 0.1) is 5.82 Å². The zero-order valence-electron chi connectivity index (χ0n) is 14.7. The molecule has 0 aliphatic carbocycles. The lowest BCUT2D eigenvalue weighted by molar-refractivity contribution is 0.0522. The summed E-state index contributed by atoms with van der Waals surface area (Å²) in [7, 11) is 0. The summed E-state index contributed by atoms with van der Waals surface area (Å²) in [6.07, 6.45) is 0.737. The summed E-state index contributed by atoms with van der Waals surface area (Å²) in [4.78, 5) is 15.6. The number of carbonyl (C=O) groups is 1. The van der Waals surface area contributed by atoms with Gasteiger partial charge in [0.15, 0.2) is 0 Å². The summed E-state index contributed by atoms with van der Waals surface area (Å²) in [6, 6.07) is 5.92. The van der Waals surface area contributed by atoms with Gasteiger partial charge in [-0.15, -0.1) is 0 Å². The number of alkyl carbamates (subject to hydrolysis) is 1. The van der Waals surface area contributed by atoms with Crippen LogP contribution in [0.4, 0.5) is 25.0 Å². The van der Waals surface area contributed by atoms with Gasteiger partial charge in [0.25, 0.3) is 0 Å². The average molecular weight is 384 g/mol. The fourth-order valence-corrected chi connectivity index (χ4v) is 2.28. The maximum Gasteiger partial charge on any atom is 0.407 e. The van der Waals surface area contributed by atoms with E-state index in [1.165, 1.54) is 18.3 Å². The van der Waals surface area contributed by atoms with Crippen LogP contribution in [0.3, 0.4) is 0 Å². The molecule has 140 valence electrons. The highest BCUT2D eigenvalue weighted by molar-refractivity contribution is 6.30. The Bertz CT molecular complexity index is 794. The third-order valence-electron chi connectivity index (χ3n) is 3.21. The maximum atomic E-state index is 14.2.